The van der Waals surface area contributed by atoms with E-state index in [0.717, 1.165) is 30.8 Å². The van der Waals surface area contributed by atoms with Crippen LogP contribution in [-0.4, -0.2) is 29.2 Å². The lowest BCUT2D eigenvalue weighted by atomic mass is 9.96. The number of hydrogen-bond donors (Lipinski definition) is 1. The molecule has 122 valence electrons. The SMILES string of the molecule is O=C(N[C@H]1C[C@H]2CC[C@H]1O2)N(Cc1ccco1)Cc1ccco1. The van der Waals surface area contributed by atoms with Gasteiger partial charge in [0.05, 0.1) is 43.9 Å². The number of fused-ring (bicyclic) bond motifs is 2. The average Bonchev–Trinajstić information content (AvgIpc) is 3.32. The molecular formula is C17H20N2O4. The minimum Gasteiger partial charge on any atom is -0.467 e. The summed E-state index contributed by atoms with van der Waals surface area (Å²) in [6, 6.07) is 7.37. The third kappa shape index (κ3) is 3.12. The number of hydrogen-bond acceptors (Lipinski definition) is 4. The Hall–Kier alpha value is -2.21. The van der Waals surface area contributed by atoms with E-state index < -0.39 is 0 Å². The third-order valence-electron chi connectivity index (χ3n) is 4.56. The highest BCUT2D eigenvalue weighted by Gasteiger charge is 2.41. The fourth-order valence-electron chi connectivity index (χ4n) is 3.42. The van der Waals surface area contributed by atoms with Gasteiger partial charge in [0.15, 0.2) is 0 Å². The molecule has 0 unspecified atom stereocenters. The molecule has 0 radical (unpaired) electrons. The molecule has 0 aliphatic carbocycles. The highest BCUT2D eigenvalue weighted by molar-refractivity contribution is 5.74. The maximum atomic E-state index is 12.7. The van der Waals surface area contributed by atoms with Gasteiger partial charge >= 0.3 is 6.03 Å². The topological polar surface area (TPSA) is 67.8 Å². The van der Waals surface area contributed by atoms with Gasteiger partial charge in [0, 0.05) is 0 Å². The van der Waals surface area contributed by atoms with Crippen LogP contribution in [0, 0.1) is 0 Å². The molecule has 2 aromatic heterocycles. The highest BCUT2D eigenvalue weighted by atomic mass is 16.5. The number of nitrogens with zero attached hydrogens (tertiary/aromatic N) is 1. The second kappa shape index (κ2) is 6.12. The maximum Gasteiger partial charge on any atom is 0.318 e. The summed E-state index contributed by atoms with van der Waals surface area (Å²) in [5, 5.41) is 3.11. The molecule has 1 N–H and O–H groups in total. The van der Waals surface area contributed by atoms with Crippen molar-refractivity contribution in [2.75, 3.05) is 0 Å². The van der Waals surface area contributed by atoms with Crippen molar-refractivity contribution in [3.05, 3.63) is 48.3 Å². The van der Waals surface area contributed by atoms with E-state index >= 15 is 0 Å². The van der Waals surface area contributed by atoms with Gasteiger partial charge in [-0.05, 0) is 43.5 Å². The Morgan fingerprint density at radius 2 is 1.83 bits per heavy atom. The van der Waals surface area contributed by atoms with E-state index in [-0.39, 0.29) is 18.2 Å². The van der Waals surface area contributed by atoms with Crippen molar-refractivity contribution in [2.45, 2.75) is 50.6 Å². The fraction of sp³-hybridized carbons (Fsp3) is 0.471. The molecule has 6 heteroatoms. The van der Waals surface area contributed by atoms with E-state index in [2.05, 4.69) is 5.32 Å². The smallest absolute Gasteiger partial charge is 0.318 e. The van der Waals surface area contributed by atoms with E-state index in [0.29, 0.717) is 19.2 Å². The van der Waals surface area contributed by atoms with Gasteiger partial charge in [0.1, 0.15) is 11.5 Å². The Kier molecular flexibility index (Phi) is 3.83. The molecule has 2 amide bonds. The Bertz CT molecular complexity index is 601. The first-order valence-electron chi connectivity index (χ1n) is 8.03. The first-order chi connectivity index (χ1) is 11.3. The molecule has 0 saturated carbocycles. The van der Waals surface area contributed by atoms with Crippen molar-refractivity contribution in [1.82, 2.24) is 10.2 Å². The molecular weight excluding hydrogens is 296 g/mol. The molecule has 2 bridgehead atoms. The second-order valence-corrected chi connectivity index (χ2v) is 6.18. The normalized spacial score (nSPS) is 25.7. The van der Waals surface area contributed by atoms with Crippen LogP contribution in [0.2, 0.25) is 0 Å². The lowest BCUT2D eigenvalue weighted by molar-refractivity contribution is 0.0965. The van der Waals surface area contributed by atoms with Gasteiger partial charge in [-0.1, -0.05) is 0 Å². The van der Waals surface area contributed by atoms with Crippen molar-refractivity contribution in [2.24, 2.45) is 0 Å². The predicted molar refractivity (Wildman–Crippen MR) is 81.5 cm³/mol. The summed E-state index contributed by atoms with van der Waals surface area (Å²) in [6.07, 6.45) is 6.76. The molecule has 23 heavy (non-hydrogen) atoms. The van der Waals surface area contributed by atoms with Crippen LogP contribution in [0.25, 0.3) is 0 Å². The molecule has 0 aromatic carbocycles. The van der Waals surface area contributed by atoms with Gasteiger partial charge in [-0.15, -0.1) is 0 Å². The zero-order chi connectivity index (χ0) is 15.6. The Morgan fingerprint density at radius 1 is 1.13 bits per heavy atom. The lowest BCUT2D eigenvalue weighted by Crippen LogP contribution is -2.47. The first kappa shape index (κ1) is 14.4. The van der Waals surface area contributed by atoms with Gasteiger partial charge in [0.25, 0.3) is 0 Å². The number of ether oxygens (including phenoxy) is 1. The van der Waals surface area contributed by atoms with E-state index in [1.54, 1.807) is 17.4 Å². The molecule has 2 aliphatic heterocycles. The minimum atomic E-state index is -0.112. The molecule has 6 nitrogen and oxygen atoms in total. The fourth-order valence-corrected chi connectivity index (χ4v) is 3.42. The average molecular weight is 316 g/mol. The molecule has 2 fully saturated rings. The van der Waals surface area contributed by atoms with Gasteiger partial charge in [-0.2, -0.15) is 0 Å². The zero-order valence-electron chi connectivity index (χ0n) is 12.8. The van der Waals surface area contributed by atoms with Crippen molar-refractivity contribution in [1.29, 1.82) is 0 Å². The van der Waals surface area contributed by atoms with Crippen LogP contribution in [-0.2, 0) is 17.8 Å². The van der Waals surface area contributed by atoms with Crippen LogP contribution < -0.4 is 5.32 Å². The summed E-state index contributed by atoms with van der Waals surface area (Å²) >= 11 is 0. The Labute approximate surface area is 134 Å². The number of amides is 2. The van der Waals surface area contributed by atoms with Gasteiger partial charge in [-0.3, -0.25) is 0 Å². The molecule has 2 saturated heterocycles. The zero-order valence-corrected chi connectivity index (χ0v) is 12.8. The van der Waals surface area contributed by atoms with Crippen molar-refractivity contribution in [3.63, 3.8) is 0 Å². The Morgan fingerprint density at radius 3 is 2.30 bits per heavy atom. The van der Waals surface area contributed by atoms with Crippen LogP contribution in [0.3, 0.4) is 0 Å². The van der Waals surface area contributed by atoms with E-state index in [9.17, 15) is 4.79 Å². The summed E-state index contributed by atoms with van der Waals surface area (Å²) in [4.78, 5) is 14.4. The van der Waals surface area contributed by atoms with Crippen LogP contribution in [0.5, 0.6) is 0 Å². The Balaban J connectivity index is 1.43. The largest absolute Gasteiger partial charge is 0.467 e. The van der Waals surface area contributed by atoms with Gasteiger partial charge in [0.2, 0.25) is 0 Å². The van der Waals surface area contributed by atoms with Crippen molar-refractivity contribution >= 4 is 6.03 Å². The monoisotopic (exact) mass is 316 g/mol. The van der Waals surface area contributed by atoms with Crippen molar-refractivity contribution < 1.29 is 18.4 Å². The van der Waals surface area contributed by atoms with E-state index in [4.69, 9.17) is 13.6 Å². The summed E-state index contributed by atoms with van der Waals surface area (Å²) < 4.78 is 16.6. The van der Waals surface area contributed by atoms with E-state index in [1.165, 1.54) is 0 Å². The quantitative estimate of drug-likeness (QED) is 0.921. The number of rotatable bonds is 5. The van der Waals surface area contributed by atoms with E-state index in [1.807, 2.05) is 24.3 Å². The molecule has 3 atom stereocenters. The molecule has 4 rings (SSSR count). The lowest BCUT2D eigenvalue weighted by Gasteiger charge is -2.26. The number of furan rings is 2. The van der Waals surface area contributed by atoms with Crippen LogP contribution in [0.1, 0.15) is 30.8 Å². The minimum absolute atomic E-state index is 0.108. The van der Waals surface area contributed by atoms with Crippen molar-refractivity contribution in [3.8, 4) is 0 Å². The van der Waals surface area contributed by atoms with Gasteiger partial charge in [-0.25, -0.2) is 4.79 Å². The number of carbonyl (C=O) groups excluding carboxylic acids is 1. The maximum absolute atomic E-state index is 12.7. The first-order valence-corrected chi connectivity index (χ1v) is 8.03. The van der Waals surface area contributed by atoms with Crippen LogP contribution in [0.4, 0.5) is 4.79 Å². The van der Waals surface area contributed by atoms with Crippen LogP contribution >= 0.6 is 0 Å². The van der Waals surface area contributed by atoms with Gasteiger partial charge < -0.3 is 23.8 Å². The predicted octanol–water partition coefficient (Wildman–Crippen LogP) is 2.90. The second-order valence-electron chi connectivity index (χ2n) is 6.18. The standard InChI is InChI=1S/C17H20N2O4/c20-17(18-15-9-12-5-6-16(15)23-12)19(10-13-3-1-7-21-13)11-14-4-2-8-22-14/h1-4,7-8,12,15-16H,5-6,9-11H2,(H,18,20)/t12-,15+,16-/m1/s1. The number of carbonyl (C=O) groups is 1. The number of urea groups is 1. The summed E-state index contributed by atoms with van der Waals surface area (Å²) in [6.45, 7) is 0.808. The summed E-state index contributed by atoms with van der Waals surface area (Å²) in [5.74, 6) is 1.49. The third-order valence-corrected chi connectivity index (χ3v) is 4.56. The number of nitrogens with one attached hydrogen (secondary N) is 1. The summed E-state index contributed by atoms with van der Waals surface area (Å²) in [5.41, 5.74) is 0. The highest BCUT2D eigenvalue weighted by Crippen LogP contribution is 2.34. The molecule has 2 aliphatic rings. The molecule has 0 spiro atoms. The molecule has 4 heterocycles. The van der Waals surface area contributed by atoms with Crippen LogP contribution in [0.15, 0.2) is 45.6 Å². The summed E-state index contributed by atoms with van der Waals surface area (Å²) in [7, 11) is 0. The molecule has 2 aromatic rings.